The second-order valence-corrected chi connectivity index (χ2v) is 3.65. The molecule has 0 aliphatic rings. The van der Waals surface area contributed by atoms with E-state index in [0.717, 1.165) is 16.7 Å². The molecule has 0 bridgehead atoms. The summed E-state index contributed by atoms with van der Waals surface area (Å²) in [6, 6.07) is 6.20. The molecule has 0 unspecified atom stereocenters. The molecule has 0 aliphatic carbocycles. The second kappa shape index (κ2) is 2.87. The molecule has 0 saturated carbocycles. The lowest BCUT2D eigenvalue weighted by atomic mass is 10.0. The average Bonchev–Trinajstić information content (AvgIpc) is 2.48. The summed E-state index contributed by atoms with van der Waals surface area (Å²) in [4.78, 5) is 0. The largest absolute Gasteiger partial charge is 0.356 e. The molecule has 0 spiro atoms. The summed E-state index contributed by atoms with van der Waals surface area (Å²) in [5.41, 5.74) is 3.14. The van der Waals surface area contributed by atoms with Gasteiger partial charge in [-0.3, -0.25) is 0 Å². The lowest BCUT2D eigenvalue weighted by molar-refractivity contribution is 0.447. The molecule has 13 heavy (non-hydrogen) atoms. The second-order valence-electron chi connectivity index (χ2n) is 3.65. The van der Waals surface area contributed by atoms with E-state index in [2.05, 4.69) is 31.1 Å². The predicted molar refractivity (Wildman–Crippen MR) is 52.8 cm³/mol. The summed E-state index contributed by atoms with van der Waals surface area (Å²) < 4.78 is 5.29. The zero-order valence-electron chi connectivity index (χ0n) is 8.16. The first kappa shape index (κ1) is 8.30. The molecular weight excluding hydrogens is 162 g/mol. The van der Waals surface area contributed by atoms with Gasteiger partial charge in [0.25, 0.3) is 0 Å². The Kier molecular flexibility index (Phi) is 1.83. The number of benzene rings is 1. The van der Waals surface area contributed by atoms with E-state index in [1.54, 1.807) is 0 Å². The van der Waals surface area contributed by atoms with Crippen molar-refractivity contribution >= 4 is 11.0 Å². The summed E-state index contributed by atoms with van der Waals surface area (Å²) >= 11 is 0. The Bertz CT molecular complexity index is 429. The molecule has 1 aromatic heterocycles. The fourth-order valence-electron chi connectivity index (χ4n) is 1.56. The van der Waals surface area contributed by atoms with Gasteiger partial charge in [0.15, 0.2) is 5.58 Å². The molecule has 0 N–H and O–H groups in total. The van der Waals surface area contributed by atoms with Crippen LogP contribution in [0.15, 0.2) is 22.7 Å². The van der Waals surface area contributed by atoms with Crippen LogP contribution in [-0.4, -0.2) is 5.16 Å². The van der Waals surface area contributed by atoms with Crippen molar-refractivity contribution in [2.45, 2.75) is 26.7 Å². The van der Waals surface area contributed by atoms with E-state index in [1.165, 1.54) is 5.56 Å². The number of aromatic nitrogens is 1. The minimum absolute atomic E-state index is 0.482. The van der Waals surface area contributed by atoms with Crippen molar-refractivity contribution in [2.75, 3.05) is 0 Å². The van der Waals surface area contributed by atoms with E-state index in [4.69, 9.17) is 4.52 Å². The van der Waals surface area contributed by atoms with Crippen LogP contribution in [0.1, 0.15) is 31.0 Å². The van der Waals surface area contributed by atoms with Crippen molar-refractivity contribution in [2.24, 2.45) is 0 Å². The molecule has 1 heterocycles. The number of rotatable bonds is 1. The van der Waals surface area contributed by atoms with E-state index < -0.39 is 0 Å². The number of hydrogen-bond donors (Lipinski definition) is 0. The van der Waals surface area contributed by atoms with Gasteiger partial charge in [-0.15, -0.1) is 0 Å². The molecule has 0 aliphatic heterocycles. The van der Waals surface area contributed by atoms with Gasteiger partial charge in [-0.25, -0.2) is 0 Å². The third-order valence-electron chi connectivity index (χ3n) is 2.33. The summed E-state index contributed by atoms with van der Waals surface area (Å²) in [7, 11) is 0. The van der Waals surface area contributed by atoms with Gasteiger partial charge in [0.2, 0.25) is 0 Å². The molecule has 1 aromatic carbocycles. The Balaban J connectivity index is 2.77. The maximum Gasteiger partial charge on any atom is 0.170 e. The molecule has 2 rings (SSSR count). The highest BCUT2D eigenvalue weighted by Gasteiger charge is 2.10. The van der Waals surface area contributed by atoms with Gasteiger partial charge in [-0.1, -0.05) is 31.1 Å². The molecule has 68 valence electrons. The van der Waals surface area contributed by atoms with Crippen LogP contribution in [0.3, 0.4) is 0 Å². The van der Waals surface area contributed by atoms with Crippen molar-refractivity contribution in [3.05, 3.63) is 29.5 Å². The fourth-order valence-corrected chi connectivity index (χ4v) is 1.56. The van der Waals surface area contributed by atoms with Crippen LogP contribution >= 0.6 is 0 Å². The van der Waals surface area contributed by atoms with Gasteiger partial charge in [-0.2, -0.15) is 0 Å². The zero-order chi connectivity index (χ0) is 9.42. The molecule has 0 amide bonds. The highest BCUT2D eigenvalue weighted by Crippen LogP contribution is 2.26. The van der Waals surface area contributed by atoms with Crippen molar-refractivity contribution in [3.8, 4) is 0 Å². The summed E-state index contributed by atoms with van der Waals surface area (Å²) in [5.74, 6) is 0.482. The number of aryl methyl sites for hydroxylation is 1. The SMILES string of the molecule is Cc1noc2c(C(C)C)cccc12. The highest BCUT2D eigenvalue weighted by molar-refractivity contribution is 5.82. The Morgan fingerprint density at radius 2 is 2.08 bits per heavy atom. The lowest BCUT2D eigenvalue weighted by Crippen LogP contribution is -1.86. The minimum Gasteiger partial charge on any atom is -0.356 e. The number of nitrogens with zero attached hydrogens (tertiary/aromatic N) is 1. The average molecular weight is 175 g/mol. The lowest BCUT2D eigenvalue weighted by Gasteiger charge is -2.03. The molecule has 2 heteroatoms. The van der Waals surface area contributed by atoms with Crippen LogP contribution in [0.25, 0.3) is 11.0 Å². The Labute approximate surface area is 77.5 Å². The van der Waals surface area contributed by atoms with Crippen LogP contribution in [0.4, 0.5) is 0 Å². The maximum absolute atomic E-state index is 5.29. The minimum atomic E-state index is 0.482. The molecular formula is C11H13NO. The first-order valence-corrected chi connectivity index (χ1v) is 4.55. The number of para-hydroxylation sites is 1. The van der Waals surface area contributed by atoms with Crippen LogP contribution in [-0.2, 0) is 0 Å². The smallest absolute Gasteiger partial charge is 0.170 e. The number of hydrogen-bond acceptors (Lipinski definition) is 2. The molecule has 2 aromatic rings. The topological polar surface area (TPSA) is 26.0 Å². The Hall–Kier alpha value is -1.31. The normalized spacial score (nSPS) is 11.4. The first-order chi connectivity index (χ1) is 6.20. The molecule has 0 radical (unpaired) electrons. The van der Waals surface area contributed by atoms with E-state index >= 15 is 0 Å². The van der Waals surface area contributed by atoms with Gasteiger partial charge in [-0.05, 0) is 18.9 Å². The van der Waals surface area contributed by atoms with Gasteiger partial charge < -0.3 is 4.52 Å². The van der Waals surface area contributed by atoms with Crippen molar-refractivity contribution in [1.29, 1.82) is 0 Å². The van der Waals surface area contributed by atoms with Crippen LogP contribution in [0, 0.1) is 6.92 Å². The summed E-state index contributed by atoms with van der Waals surface area (Å²) in [5, 5.41) is 5.09. The molecule has 0 fully saturated rings. The van der Waals surface area contributed by atoms with Crippen molar-refractivity contribution in [1.82, 2.24) is 5.16 Å². The van der Waals surface area contributed by atoms with Gasteiger partial charge in [0, 0.05) is 10.9 Å². The third-order valence-corrected chi connectivity index (χ3v) is 2.33. The van der Waals surface area contributed by atoms with Gasteiger partial charge in [0.05, 0.1) is 5.69 Å². The van der Waals surface area contributed by atoms with Crippen molar-refractivity contribution < 1.29 is 4.52 Å². The summed E-state index contributed by atoms with van der Waals surface area (Å²) in [6.45, 7) is 6.29. The van der Waals surface area contributed by atoms with Gasteiger partial charge >= 0.3 is 0 Å². The monoisotopic (exact) mass is 175 g/mol. The Morgan fingerprint density at radius 3 is 2.77 bits per heavy atom. The van der Waals surface area contributed by atoms with Crippen molar-refractivity contribution in [3.63, 3.8) is 0 Å². The molecule has 0 atom stereocenters. The maximum atomic E-state index is 5.29. The standard InChI is InChI=1S/C11H13NO/c1-7(2)9-5-4-6-10-8(3)12-13-11(9)10/h4-7H,1-3H3. The molecule has 0 saturated heterocycles. The van der Waals surface area contributed by atoms with Crippen LogP contribution < -0.4 is 0 Å². The third kappa shape index (κ3) is 1.22. The number of fused-ring (bicyclic) bond motifs is 1. The van der Waals surface area contributed by atoms with E-state index in [1.807, 2.05) is 13.0 Å². The zero-order valence-corrected chi connectivity index (χ0v) is 8.16. The Morgan fingerprint density at radius 1 is 1.31 bits per heavy atom. The fraction of sp³-hybridized carbons (Fsp3) is 0.364. The first-order valence-electron chi connectivity index (χ1n) is 4.55. The summed E-state index contributed by atoms with van der Waals surface area (Å²) in [6.07, 6.45) is 0. The molecule has 2 nitrogen and oxygen atoms in total. The van der Waals surface area contributed by atoms with E-state index in [-0.39, 0.29) is 0 Å². The quantitative estimate of drug-likeness (QED) is 0.664. The van der Waals surface area contributed by atoms with E-state index in [9.17, 15) is 0 Å². The highest BCUT2D eigenvalue weighted by atomic mass is 16.5. The van der Waals surface area contributed by atoms with Crippen LogP contribution in [0.5, 0.6) is 0 Å². The van der Waals surface area contributed by atoms with Crippen LogP contribution in [0.2, 0.25) is 0 Å². The van der Waals surface area contributed by atoms with E-state index in [0.29, 0.717) is 5.92 Å². The van der Waals surface area contributed by atoms with Gasteiger partial charge in [0.1, 0.15) is 0 Å². The predicted octanol–water partition coefficient (Wildman–Crippen LogP) is 3.26.